The van der Waals surface area contributed by atoms with Crippen molar-refractivity contribution in [3.8, 4) is 0 Å². The first-order valence-electron chi connectivity index (χ1n) is 4.83. The van der Waals surface area contributed by atoms with Crippen molar-refractivity contribution in [2.45, 2.75) is 25.9 Å². The zero-order valence-corrected chi connectivity index (χ0v) is 9.33. The van der Waals surface area contributed by atoms with Crippen LogP contribution < -0.4 is 5.73 Å². The fourth-order valence-corrected chi connectivity index (χ4v) is 1.56. The SMILES string of the molecule is CC[C@@H](Cc1ccccc1Cl)OC(N)=O. The van der Waals surface area contributed by atoms with Gasteiger partial charge in [0.2, 0.25) is 0 Å². The Labute approximate surface area is 94.2 Å². The predicted octanol–water partition coefficient (Wildman–Crippen LogP) is 2.76. The Kier molecular flexibility index (Phi) is 4.43. The van der Waals surface area contributed by atoms with Gasteiger partial charge in [-0.15, -0.1) is 0 Å². The number of hydrogen-bond donors (Lipinski definition) is 1. The van der Waals surface area contributed by atoms with E-state index in [1.54, 1.807) is 0 Å². The lowest BCUT2D eigenvalue weighted by Crippen LogP contribution is -2.24. The maximum absolute atomic E-state index is 10.6. The van der Waals surface area contributed by atoms with Crippen LogP contribution >= 0.6 is 11.6 Å². The number of primary amides is 1. The maximum Gasteiger partial charge on any atom is 0.404 e. The van der Waals surface area contributed by atoms with Crippen molar-refractivity contribution in [1.29, 1.82) is 0 Å². The highest BCUT2D eigenvalue weighted by molar-refractivity contribution is 6.31. The monoisotopic (exact) mass is 227 g/mol. The Morgan fingerprint density at radius 1 is 1.53 bits per heavy atom. The highest BCUT2D eigenvalue weighted by Gasteiger charge is 2.12. The number of nitrogens with two attached hydrogens (primary N) is 1. The molecule has 0 aliphatic carbocycles. The number of halogens is 1. The first kappa shape index (κ1) is 11.9. The van der Waals surface area contributed by atoms with E-state index in [4.69, 9.17) is 22.1 Å². The third-order valence-corrected chi connectivity index (χ3v) is 2.51. The van der Waals surface area contributed by atoms with Gasteiger partial charge in [0.15, 0.2) is 0 Å². The number of ether oxygens (including phenoxy) is 1. The molecule has 0 aliphatic heterocycles. The number of carbonyl (C=O) groups is 1. The Morgan fingerprint density at radius 3 is 2.73 bits per heavy atom. The quantitative estimate of drug-likeness (QED) is 0.860. The molecule has 0 fully saturated rings. The summed E-state index contributed by atoms with van der Waals surface area (Å²) in [5, 5.41) is 0.684. The van der Waals surface area contributed by atoms with Gasteiger partial charge >= 0.3 is 6.09 Å². The Morgan fingerprint density at radius 2 is 2.20 bits per heavy atom. The number of rotatable bonds is 4. The summed E-state index contributed by atoms with van der Waals surface area (Å²) in [7, 11) is 0. The van der Waals surface area contributed by atoms with Gasteiger partial charge in [0.05, 0.1) is 0 Å². The molecule has 1 aromatic carbocycles. The highest BCUT2D eigenvalue weighted by atomic mass is 35.5. The molecule has 2 N–H and O–H groups in total. The van der Waals surface area contributed by atoms with E-state index >= 15 is 0 Å². The Balaban J connectivity index is 2.66. The predicted molar refractivity (Wildman–Crippen MR) is 59.9 cm³/mol. The molecular formula is C11H14ClNO2. The molecule has 1 amide bonds. The van der Waals surface area contributed by atoms with Crippen LogP contribution in [0.1, 0.15) is 18.9 Å². The molecular weight excluding hydrogens is 214 g/mol. The normalized spacial score (nSPS) is 12.1. The van der Waals surface area contributed by atoms with Crippen LogP contribution in [0, 0.1) is 0 Å². The van der Waals surface area contributed by atoms with Crippen molar-refractivity contribution in [2.75, 3.05) is 0 Å². The third kappa shape index (κ3) is 3.80. The molecule has 0 saturated heterocycles. The van der Waals surface area contributed by atoms with Crippen LogP contribution in [0.25, 0.3) is 0 Å². The van der Waals surface area contributed by atoms with Gasteiger partial charge in [-0.1, -0.05) is 36.7 Å². The summed E-state index contributed by atoms with van der Waals surface area (Å²) in [6.07, 6.45) is 0.365. The average Bonchev–Trinajstić information content (AvgIpc) is 2.19. The standard InChI is InChI=1S/C11H14ClNO2/c1-2-9(15-11(13)14)7-8-5-3-4-6-10(8)12/h3-6,9H,2,7H2,1H3,(H2,13,14)/t9-/m0/s1. The van der Waals surface area contributed by atoms with Crippen LogP contribution in [0.15, 0.2) is 24.3 Å². The van der Waals surface area contributed by atoms with E-state index in [2.05, 4.69) is 0 Å². The van der Waals surface area contributed by atoms with Gasteiger partial charge in [0.25, 0.3) is 0 Å². The van der Waals surface area contributed by atoms with E-state index in [0.29, 0.717) is 17.9 Å². The van der Waals surface area contributed by atoms with Crippen LogP contribution in [-0.2, 0) is 11.2 Å². The minimum atomic E-state index is -0.742. The van der Waals surface area contributed by atoms with Crippen molar-refractivity contribution in [2.24, 2.45) is 5.73 Å². The van der Waals surface area contributed by atoms with Crippen molar-refractivity contribution in [3.05, 3.63) is 34.9 Å². The fraction of sp³-hybridized carbons (Fsp3) is 0.364. The van der Waals surface area contributed by atoms with E-state index in [-0.39, 0.29) is 6.10 Å². The molecule has 0 aliphatic rings. The first-order valence-corrected chi connectivity index (χ1v) is 5.20. The van der Waals surface area contributed by atoms with Crippen LogP contribution in [0.5, 0.6) is 0 Å². The van der Waals surface area contributed by atoms with Gasteiger partial charge in [-0.05, 0) is 18.1 Å². The van der Waals surface area contributed by atoms with Gasteiger partial charge in [0, 0.05) is 11.4 Å². The number of carbonyl (C=O) groups excluding carboxylic acids is 1. The molecule has 0 radical (unpaired) electrons. The summed E-state index contributed by atoms with van der Waals surface area (Å²) in [5.41, 5.74) is 5.93. The van der Waals surface area contributed by atoms with E-state index < -0.39 is 6.09 Å². The molecule has 1 aromatic rings. The van der Waals surface area contributed by atoms with Crippen LogP contribution in [-0.4, -0.2) is 12.2 Å². The lowest BCUT2D eigenvalue weighted by Gasteiger charge is -2.15. The summed E-state index contributed by atoms with van der Waals surface area (Å²) in [6, 6.07) is 7.49. The summed E-state index contributed by atoms with van der Waals surface area (Å²) in [4.78, 5) is 10.6. The highest BCUT2D eigenvalue weighted by Crippen LogP contribution is 2.18. The van der Waals surface area contributed by atoms with Gasteiger partial charge in [-0.3, -0.25) is 0 Å². The van der Waals surface area contributed by atoms with Crippen molar-refractivity contribution in [1.82, 2.24) is 0 Å². The minimum Gasteiger partial charge on any atom is -0.446 e. The zero-order valence-electron chi connectivity index (χ0n) is 8.57. The lowest BCUT2D eigenvalue weighted by molar-refractivity contribution is 0.104. The summed E-state index contributed by atoms with van der Waals surface area (Å²) < 4.78 is 4.94. The van der Waals surface area contributed by atoms with Crippen molar-refractivity contribution >= 4 is 17.7 Å². The molecule has 0 saturated carbocycles. The summed E-state index contributed by atoms with van der Waals surface area (Å²) in [5.74, 6) is 0. The summed E-state index contributed by atoms with van der Waals surface area (Å²) in [6.45, 7) is 1.93. The number of hydrogen-bond acceptors (Lipinski definition) is 2. The molecule has 15 heavy (non-hydrogen) atoms. The van der Waals surface area contributed by atoms with Crippen molar-refractivity contribution in [3.63, 3.8) is 0 Å². The molecule has 3 nitrogen and oxygen atoms in total. The van der Waals surface area contributed by atoms with Gasteiger partial charge < -0.3 is 10.5 Å². The molecule has 4 heteroatoms. The number of amides is 1. The van der Waals surface area contributed by atoms with Gasteiger partial charge in [-0.2, -0.15) is 0 Å². The van der Waals surface area contributed by atoms with Crippen LogP contribution in [0.2, 0.25) is 5.02 Å². The van der Waals surface area contributed by atoms with Gasteiger partial charge in [0.1, 0.15) is 6.10 Å². The van der Waals surface area contributed by atoms with E-state index in [1.807, 2.05) is 31.2 Å². The van der Waals surface area contributed by atoms with E-state index in [0.717, 1.165) is 5.56 Å². The molecule has 0 aromatic heterocycles. The number of benzene rings is 1. The molecule has 82 valence electrons. The lowest BCUT2D eigenvalue weighted by atomic mass is 10.1. The molecule has 1 atom stereocenters. The van der Waals surface area contributed by atoms with Crippen LogP contribution in [0.4, 0.5) is 4.79 Å². The maximum atomic E-state index is 10.6. The minimum absolute atomic E-state index is 0.206. The Hall–Kier alpha value is -1.22. The average molecular weight is 228 g/mol. The first-order chi connectivity index (χ1) is 7.13. The molecule has 0 unspecified atom stereocenters. The molecule has 0 spiro atoms. The molecule has 1 rings (SSSR count). The second-order valence-electron chi connectivity index (χ2n) is 3.26. The summed E-state index contributed by atoms with van der Waals surface area (Å²) >= 11 is 5.99. The largest absolute Gasteiger partial charge is 0.446 e. The van der Waals surface area contributed by atoms with Crippen LogP contribution in [0.3, 0.4) is 0 Å². The molecule has 0 heterocycles. The fourth-order valence-electron chi connectivity index (χ4n) is 1.34. The smallest absolute Gasteiger partial charge is 0.404 e. The third-order valence-electron chi connectivity index (χ3n) is 2.14. The molecule has 0 bridgehead atoms. The van der Waals surface area contributed by atoms with Gasteiger partial charge in [-0.25, -0.2) is 4.79 Å². The topological polar surface area (TPSA) is 52.3 Å². The zero-order chi connectivity index (χ0) is 11.3. The second-order valence-corrected chi connectivity index (χ2v) is 3.67. The Bertz CT molecular complexity index is 341. The van der Waals surface area contributed by atoms with E-state index in [9.17, 15) is 4.79 Å². The second kappa shape index (κ2) is 5.61. The van der Waals surface area contributed by atoms with E-state index in [1.165, 1.54) is 0 Å². The van der Waals surface area contributed by atoms with Crippen molar-refractivity contribution < 1.29 is 9.53 Å².